The largest absolute Gasteiger partial charge is 0.414 e. The van der Waals surface area contributed by atoms with E-state index in [1.807, 2.05) is 0 Å². The first-order valence-corrected chi connectivity index (χ1v) is 8.37. The summed E-state index contributed by atoms with van der Waals surface area (Å²) >= 11 is 0. The highest BCUT2D eigenvalue weighted by atomic mass is 28.4. The van der Waals surface area contributed by atoms with Crippen LogP contribution in [0.4, 0.5) is 0 Å². The Morgan fingerprint density at radius 1 is 1.38 bits per heavy atom. The van der Waals surface area contributed by atoms with Crippen molar-refractivity contribution in [2.24, 2.45) is 5.41 Å². The van der Waals surface area contributed by atoms with E-state index in [0.29, 0.717) is 11.5 Å². The molecule has 1 heterocycles. The molecule has 2 unspecified atom stereocenters. The third-order valence-corrected chi connectivity index (χ3v) is 7.07. The third-order valence-electron chi connectivity index (χ3n) is 3.31. The Labute approximate surface area is 84.0 Å². The zero-order valence-corrected chi connectivity index (χ0v) is 10.8. The monoisotopic (exact) mass is 200 g/mol. The molecule has 0 amide bonds. The van der Waals surface area contributed by atoms with Crippen LogP contribution in [0, 0.1) is 5.41 Å². The summed E-state index contributed by atoms with van der Waals surface area (Å²) in [5, 5.41) is 0. The highest BCUT2D eigenvalue weighted by molar-refractivity contribution is 6.72. The first-order chi connectivity index (χ1) is 5.87. The highest BCUT2D eigenvalue weighted by Gasteiger charge is 2.38. The third kappa shape index (κ3) is 2.81. The van der Waals surface area contributed by atoms with E-state index in [1.54, 1.807) is 0 Å². The van der Waals surface area contributed by atoms with Gasteiger partial charge in [-0.05, 0) is 30.5 Å². The van der Waals surface area contributed by atoms with E-state index in [4.69, 9.17) is 4.43 Å². The molecule has 78 valence electrons. The molecule has 0 aromatic heterocycles. The van der Waals surface area contributed by atoms with E-state index in [-0.39, 0.29) is 0 Å². The van der Waals surface area contributed by atoms with Gasteiger partial charge in [-0.25, -0.2) is 0 Å². The lowest BCUT2D eigenvalue weighted by molar-refractivity contribution is 0.0558. The second-order valence-electron chi connectivity index (χ2n) is 5.67. The fourth-order valence-electron chi connectivity index (χ4n) is 1.99. The highest BCUT2D eigenvalue weighted by Crippen LogP contribution is 2.36. The summed E-state index contributed by atoms with van der Waals surface area (Å²) in [4.78, 5) is 0. The minimum absolute atomic E-state index is 0.337. The van der Waals surface area contributed by atoms with Gasteiger partial charge in [-0.1, -0.05) is 34.1 Å². The molecule has 1 saturated heterocycles. The van der Waals surface area contributed by atoms with Gasteiger partial charge >= 0.3 is 0 Å². The van der Waals surface area contributed by atoms with Crippen LogP contribution in [0.5, 0.6) is 0 Å². The van der Waals surface area contributed by atoms with E-state index >= 15 is 0 Å². The normalized spacial score (nSPS) is 36.2. The van der Waals surface area contributed by atoms with Crippen molar-refractivity contribution in [3.8, 4) is 0 Å². The summed E-state index contributed by atoms with van der Waals surface area (Å²) in [5.41, 5.74) is 0.337. The van der Waals surface area contributed by atoms with Gasteiger partial charge in [0.2, 0.25) is 0 Å². The minimum Gasteiger partial charge on any atom is -0.414 e. The van der Waals surface area contributed by atoms with Gasteiger partial charge in [0.25, 0.3) is 0 Å². The molecule has 0 aromatic rings. The van der Waals surface area contributed by atoms with Gasteiger partial charge in [0, 0.05) is 6.10 Å². The summed E-state index contributed by atoms with van der Waals surface area (Å²) < 4.78 is 6.33. The van der Waals surface area contributed by atoms with Gasteiger partial charge < -0.3 is 4.43 Å². The predicted molar refractivity (Wildman–Crippen MR) is 60.5 cm³/mol. The van der Waals surface area contributed by atoms with Gasteiger partial charge in [-0.2, -0.15) is 0 Å². The van der Waals surface area contributed by atoms with E-state index < -0.39 is 8.32 Å². The summed E-state index contributed by atoms with van der Waals surface area (Å²) in [6.45, 7) is 11.6. The van der Waals surface area contributed by atoms with Crippen LogP contribution in [0.2, 0.25) is 18.6 Å². The standard InChI is InChI=1S/C11H24OSi/c1-6-13(5)9-7-8-10(12-13)11(2,3)4/h10H,6-9H2,1-5H3. The molecule has 0 saturated carbocycles. The van der Waals surface area contributed by atoms with Crippen LogP contribution in [0.15, 0.2) is 0 Å². The molecule has 1 aliphatic heterocycles. The SMILES string of the molecule is CC[Si]1(C)CCCC(C(C)(C)C)O1. The molecule has 0 aliphatic carbocycles. The summed E-state index contributed by atoms with van der Waals surface area (Å²) in [7, 11) is -1.28. The molecule has 0 radical (unpaired) electrons. The Hall–Kier alpha value is 0.177. The molecule has 0 bridgehead atoms. The Morgan fingerprint density at radius 3 is 2.46 bits per heavy atom. The molecule has 0 aromatic carbocycles. The molecular weight excluding hydrogens is 176 g/mol. The Bertz CT molecular complexity index is 173. The van der Waals surface area contributed by atoms with Crippen molar-refractivity contribution in [3.05, 3.63) is 0 Å². The van der Waals surface area contributed by atoms with Gasteiger partial charge in [0.15, 0.2) is 8.32 Å². The molecule has 13 heavy (non-hydrogen) atoms. The number of rotatable bonds is 1. The van der Waals surface area contributed by atoms with E-state index in [9.17, 15) is 0 Å². The summed E-state index contributed by atoms with van der Waals surface area (Å²) in [6, 6.07) is 2.65. The van der Waals surface area contributed by atoms with Crippen molar-refractivity contribution in [1.82, 2.24) is 0 Å². The van der Waals surface area contributed by atoms with Crippen molar-refractivity contribution >= 4 is 8.32 Å². The molecule has 1 fully saturated rings. The fourth-order valence-corrected chi connectivity index (χ4v) is 4.74. The predicted octanol–water partition coefficient (Wildman–Crippen LogP) is 3.81. The minimum atomic E-state index is -1.28. The summed E-state index contributed by atoms with van der Waals surface area (Å²) in [5.74, 6) is 0. The van der Waals surface area contributed by atoms with Gasteiger partial charge in [-0.15, -0.1) is 0 Å². The Kier molecular flexibility index (Phi) is 3.23. The van der Waals surface area contributed by atoms with E-state index in [2.05, 4.69) is 34.2 Å². The summed E-state index contributed by atoms with van der Waals surface area (Å²) in [6.07, 6.45) is 3.17. The maximum atomic E-state index is 6.33. The van der Waals surface area contributed by atoms with Crippen LogP contribution in [-0.2, 0) is 4.43 Å². The molecule has 2 heteroatoms. The van der Waals surface area contributed by atoms with Crippen LogP contribution in [0.1, 0.15) is 40.5 Å². The first-order valence-electron chi connectivity index (χ1n) is 5.55. The van der Waals surface area contributed by atoms with Crippen molar-refractivity contribution < 1.29 is 4.43 Å². The molecule has 0 spiro atoms. The van der Waals surface area contributed by atoms with Crippen molar-refractivity contribution in [2.75, 3.05) is 0 Å². The second kappa shape index (κ2) is 3.74. The van der Waals surface area contributed by atoms with E-state index in [0.717, 1.165) is 0 Å². The average molecular weight is 200 g/mol. The molecular formula is C11H24OSi. The van der Waals surface area contributed by atoms with Crippen LogP contribution >= 0.6 is 0 Å². The first kappa shape index (κ1) is 11.3. The average Bonchev–Trinajstić information content (AvgIpc) is 2.03. The molecule has 2 atom stereocenters. The fraction of sp³-hybridized carbons (Fsp3) is 1.00. The Balaban J connectivity index is 2.62. The van der Waals surface area contributed by atoms with E-state index in [1.165, 1.54) is 24.9 Å². The van der Waals surface area contributed by atoms with Crippen LogP contribution < -0.4 is 0 Å². The quantitative estimate of drug-likeness (QED) is 0.585. The second-order valence-corrected chi connectivity index (χ2v) is 10.0. The van der Waals surface area contributed by atoms with Crippen molar-refractivity contribution in [3.63, 3.8) is 0 Å². The lowest BCUT2D eigenvalue weighted by atomic mass is 9.87. The molecule has 0 N–H and O–H groups in total. The molecule has 1 rings (SSSR count). The van der Waals surface area contributed by atoms with Crippen molar-refractivity contribution in [1.29, 1.82) is 0 Å². The maximum Gasteiger partial charge on any atom is 0.189 e. The zero-order chi connectivity index (χ0) is 10.1. The van der Waals surface area contributed by atoms with Crippen LogP contribution in [0.3, 0.4) is 0 Å². The zero-order valence-electron chi connectivity index (χ0n) is 9.81. The van der Waals surface area contributed by atoms with Crippen LogP contribution in [0.25, 0.3) is 0 Å². The van der Waals surface area contributed by atoms with Gasteiger partial charge in [-0.3, -0.25) is 0 Å². The molecule has 1 nitrogen and oxygen atoms in total. The van der Waals surface area contributed by atoms with Crippen molar-refractivity contribution in [2.45, 2.75) is 65.3 Å². The Morgan fingerprint density at radius 2 is 2.00 bits per heavy atom. The van der Waals surface area contributed by atoms with Gasteiger partial charge in [0.05, 0.1) is 0 Å². The maximum absolute atomic E-state index is 6.33. The molecule has 1 aliphatic rings. The topological polar surface area (TPSA) is 9.23 Å². The van der Waals surface area contributed by atoms with Gasteiger partial charge in [0.1, 0.15) is 0 Å². The van der Waals surface area contributed by atoms with Crippen LogP contribution in [-0.4, -0.2) is 14.4 Å². The lowest BCUT2D eigenvalue weighted by Crippen LogP contribution is -2.46. The number of hydrogen-bond acceptors (Lipinski definition) is 1. The number of hydrogen-bond donors (Lipinski definition) is 0. The lowest BCUT2D eigenvalue weighted by Gasteiger charge is -2.42. The smallest absolute Gasteiger partial charge is 0.189 e.